The van der Waals surface area contributed by atoms with Crippen LogP contribution in [-0.2, 0) is 24.3 Å². The number of nitrogens with one attached hydrogen (secondary N) is 1. The fourth-order valence-electron chi connectivity index (χ4n) is 2.11. The van der Waals surface area contributed by atoms with Gasteiger partial charge >= 0.3 is 0 Å². The first-order valence-corrected chi connectivity index (χ1v) is 8.01. The molecule has 0 aliphatic rings. The summed E-state index contributed by atoms with van der Waals surface area (Å²) in [5, 5.41) is 12.9. The molecule has 0 fully saturated rings. The number of aromatic nitrogens is 4. The second kappa shape index (κ2) is 6.66. The lowest BCUT2D eigenvalue weighted by molar-refractivity contribution is -0.121. The van der Waals surface area contributed by atoms with Gasteiger partial charge in [-0.1, -0.05) is 30.4 Å². The van der Waals surface area contributed by atoms with Gasteiger partial charge in [-0.2, -0.15) is 0 Å². The van der Waals surface area contributed by atoms with Crippen molar-refractivity contribution in [3.63, 3.8) is 0 Å². The van der Waals surface area contributed by atoms with Crippen LogP contribution in [0.5, 0.6) is 0 Å². The molecule has 0 radical (unpaired) electrons. The third kappa shape index (κ3) is 3.42. The van der Waals surface area contributed by atoms with E-state index in [0.717, 1.165) is 16.4 Å². The number of carbonyl (C=O) groups is 1. The molecule has 0 unspecified atom stereocenters. The largest absolute Gasteiger partial charge is 0.348 e. The first-order valence-electron chi connectivity index (χ1n) is 7.19. The zero-order valence-electron chi connectivity index (χ0n) is 12.5. The second-order valence-corrected chi connectivity index (χ2v) is 6.06. The van der Waals surface area contributed by atoms with Crippen LogP contribution in [0.1, 0.15) is 16.9 Å². The van der Waals surface area contributed by atoms with Crippen LogP contribution in [0.2, 0.25) is 0 Å². The Labute approximate surface area is 136 Å². The molecule has 0 aliphatic heterocycles. The summed E-state index contributed by atoms with van der Waals surface area (Å²) in [6.45, 7) is 2.24. The topological polar surface area (TPSA) is 89.8 Å². The van der Waals surface area contributed by atoms with E-state index >= 15 is 0 Å². The van der Waals surface area contributed by atoms with E-state index < -0.39 is 0 Å². The van der Waals surface area contributed by atoms with E-state index in [2.05, 4.69) is 20.5 Å². The van der Waals surface area contributed by atoms with Crippen molar-refractivity contribution < 1.29 is 4.79 Å². The van der Waals surface area contributed by atoms with E-state index in [-0.39, 0.29) is 18.0 Å². The van der Waals surface area contributed by atoms with Crippen molar-refractivity contribution in [2.75, 3.05) is 0 Å². The molecule has 1 aromatic carbocycles. The van der Waals surface area contributed by atoms with Gasteiger partial charge in [-0.05, 0) is 18.6 Å². The molecule has 0 saturated heterocycles. The highest BCUT2D eigenvalue weighted by atomic mass is 32.1. The predicted molar refractivity (Wildman–Crippen MR) is 87.1 cm³/mol. The molecule has 0 atom stereocenters. The molecule has 2 aromatic heterocycles. The number of para-hydroxylation sites is 1. The molecule has 7 nitrogen and oxygen atoms in total. The lowest BCUT2D eigenvalue weighted by atomic mass is 10.2. The number of rotatable bonds is 5. The highest BCUT2D eigenvalue weighted by molar-refractivity contribution is 7.11. The van der Waals surface area contributed by atoms with E-state index in [1.165, 1.54) is 22.2 Å². The third-order valence-electron chi connectivity index (χ3n) is 3.29. The number of fused-ring (bicyclic) bond motifs is 1. The van der Waals surface area contributed by atoms with Crippen molar-refractivity contribution in [2.45, 2.75) is 26.4 Å². The van der Waals surface area contributed by atoms with Gasteiger partial charge in [0.1, 0.15) is 16.6 Å². The second-order valence-electron chi connectivity index (χ2n) is 4.91. The van der Waals surface area contributed by atoms with Crippen LogP contribution in [0, 0.1) is 0 Å². The first-order chi connectivity index (χ1) is 11.2. The van der Waals surface area contributed by atoms with E-state index in [0.29, 0.717) is 17.4 Å². The molecule has 3 aromatic rings. The highest BCUT2D eigenvalue weighted by Crippen LogP contribution is 2.09. The van der Waals surface area contributed by atoms with E-state index in [1.54, 1.807) is 18.2 Å². The SMILES string of the molecule is CCc1nnc(CNC(=O)Cn2cnc3ccccc3c2=O)s1. The Hall–Kier alpha value is -2.61. The number of nitrogens with zero attached hydrogens (tertiary/aromatic N) is 4. The summed E-state index contributed by atoms with van der Waals surface area (Å²) in [7, 11) is 0. The lowest BCUT2D eigenvalue weighted by Crippen LogP contribution is -2.32. The molecule has 0 aliphatic carbocycles. The minimum atomic E-state index is -0.266. The van der Waals surface area contributed by atoms with Gasteiger partial charge in [0.15, 0.2) is 0 Å². The van der Waals surface area contributed by atoms with Crippen molar-refractivity contribution in [1.82, 2.24) is 25.1 Å². The first kappa shape index (κ1) is 15.3. The van der Waals surface area contributed by atoms with Crippen molar-refractivity contribution in [2.24, 2.45) is 0 Å². The number of aryl methyl sites for hydroxylation is 1. The fourth-order valence-corrected chi connectivity index (χ4v) is 2.83. The minimum Gasteiger partial charge on any atom is -0.348 e. The van der Waals surface area contributed by atoms with Crippen LogP contribution in [0.4, 0.5) is 0 Å². The normalized spacial score (nSPS) is 10.8. The lowest BCUT2D eigenvalue weighted by Gasteiger charge is -2.06. The van der Waals surface area contributed by atoms with Crippen LogP contribution >= 0.6 is 11.3 Å². The number of amides is 1. The predicted octanol–water partition coefficient (Wildman–Crippen LogP) is 1.13. The summed E-state index contributed by atoms with van der Waals surface area (Å²) in [6.07, 6.45) is 2.22. The minimum absolute atomic E-state index is 0.0733. The molecule has 23 heavy (non-hydrogen) atoms. The maximum Gasteiger partial charge on any atom is 0.261 e. The van der Waals surface area contributed by atoms with Crippen molar-refractivity contribution in [1.29, 1.82) is 0 Å². The Balaban J connectivity index is 1.68. The van der Waals surface area contributed by atoms with E-state index in [4.69, 9.17) is 0 Å². The summed E-state index contributed by atoms with van der Waals surface area (Å²) < 4.78 is 1.30. The molecular weight excluding hydrogens is 314 g/mol. The zero-order valence-corrected chi connectivity index (χ0v) is 13.3. The third-order valence-corrected chi connectivity index (χ3v) is 4.36. The van der Waals surface area contributed by atoms with E-state index in [1.807, 2.05) is 13.0 Å². The molecular formula is C15H15N5O2S. The average Bonchev–Trinajstić information content (AvgIpc) is 3.04. The number of hydrogen-bond donors (Lipinski definition) is 1. The maximum atomic E-state index is 12.3. The van der Waals surface area contributed by atoms with Crippen molar-refractivity contribution in [3.8, 4) is 0 Å². The van der Waals surface area contributed by atoms with Crippen LogP contribution in [0.15, 0.2) is 35.4 Å². The Kier molecular flexibility index (Phi) is 4.42. The Morgan fingerprint density at radius 3 is 2.83 bits per heavy atom. The average molecular weight is 329 g/mol. The molecule has 3 rings (SSSR count). The van der Waals surface area contributed by atoms with Crippen LogP contribution in [0.25, 0.3) is 10.9 Å². The quantitative estimate of drug-likeness (QED) is 0.758. The summed E-state index contributed by atoms with van der Waals surface area (Å²) in [4.78, 5) is 28.5. The van der Waals surface area contributed by atoms with Gasteiger partial charge in [0, 0.05) is 0 Å². The van der Waals surface area contributed by atoms with Crippen LogP contribution < -0.4 is 10.9 Å². The summed E-state index contributed by atoms with van der Waals surface area (Å²) >= 11 is 1.47. The summed E-state index contributed by atoms with van der Waals surface area (Å²) in [5.41, 5.74) is 0.394. The monoisotopic (exact) mass is 329 g/mol. The van der Waals surface area contributed by atoms with Gasteiger partial charge in [-0.15, -0.1) is 10.2 Å². The Morgan fingerprint density at radius 2 is 2.04 bits per heavy atom. The fraction of sp³-hybridized carbons (Fsp3) is 0.267. The smallest absolute Gasteiger partial charge is 0.261 e. The molecule has 8 heteroatoms. The maximum absolute atomic E-state index is 12.3. The van der Waals surface area contributed by atoms with Gasteiger partial charge in [-0.3, -0.25) is 14.2 Å². The molecule has 2 heterocycles. The molecule has 1 N–H and O–H groups in total. The van der Waals surface area contributed by atoms with Crippen molar-refractivity contribution >= 4 is 28.1 Å². The van der Waals surface area contributed by atoms with Gasteiger partial charge in [0.25, 0.3) is 5.56 Å². The van der Waals surface area contributed by atoms with Crippen LogP contribution in [0.3, 0.4) is 0 Å². The molecule has 118 valence electrons. The standard InChI is InChI=1S/C15H15N5O2S/c1-2-13-18-19-14(23-13)7-16-12(21)8-20-9-17-11-6-4-3-5-10(11)15(20)22/h3-6,9H,2,7-8H2,1H3,(H,16,21). The summed E-state index contributed by atoms with van der Waals surface area (Å²) in [6, 6.07) is 7.06. The Bertz CT molecular complexity index is 902. The van der Waals surface area contributed by atoms with E-state index in [9.17, 15) is 9.59 Å². The van der Waals surface area contributed by atoms with Gasteiger partial charge in [-0.25, -0.2) is 4.98 Å². The number of carbonyl (C=O) groups excluding carboxylic acids is 1. The molecule has 0 bridgehead atoms. The number of benzene rings is 1. The van der Waals surface area contributed by atoms with Gasteiger partial charge in [0.2, 0.25) is 5.91 Å². The molecule has 0 saturated carbocycles. The van der Waals surface area contributed by atoms with Gasteiger partial charge < -0.3 is 5.32 Å². The molecule has 0 spiro atoms. The molecule has 1 amide bonds. The van der Waals surface area contributed by atoms with Gasteiger partial charge in [0.05, 0.1) is 23.8 Å². The Morgan fingerprint density at radius 1 is 1.26 bits per heavy atom. The van der Waals surface area contributed by atoms with Crippen LogP contribution in [-0.4, -0.2) is 25.7 Å². The number of hydrogen-bond acceptors (Lipinski definition) is 6. The summed E-state index contributed by atoms with van der Waals surface area (Å²) in [5.74, 6) is -0.266. The zero-order chi connectivity index (χ0) is 16.2. The highest BCUT2D eigenvalue weighted by Gasteiger charge is 2.09. The van der Waals surface area contributed by atoms with Crippen molar-refractivity contribution in [3.05, 3.63) is 51.0 Å².